The third-order valence-electron chi connectivity index (χ3n) is 3.22. The van der Waals surface area contributed by atoms with Crippen LogP contribution in [0.25, 0.3) is 11.4 Å². The monoisotopic (exact) mass is 265 g/mol. The van der Waals surface area contributed by atoms with E-state index in [1.165, 1.54) is 0 Å². The zero-order valence-electron chi connectivity index (χ0n) is 10.2. The molecule has 1 saturated heterocycles. The molecule has 1 aliphatic rings. The SMILES string of the molecule is Fc1ccc(F)c(-c2noc(C3CCCCN3)n2)c1. The molecule has 100 valence electrons. The summed E-state index contributed by atoms with van der Waals surface area (Å²) in [6.45, 7) is 0.900. The lowest BCUT2D eigenvalue weighted by atomic mass is 10.1. The summed E-state index contributed by atoms with van der Waals surface area (Å²) in [7, 11) is 0. The number of nitrogens with zero attached hydrogens (tertiary/aromatic N) is 2. The highest BCUT2D eigenvalue weighted by Crippen LogP contribution is 2.25. The topological polar surface area (TPSA) is 51.0 Å². The summed E-state index contributed by atoms with van der Waals surface area (Å²) in [6, 6.07) is 3.19. The van der Waals surface area contributed by atoms with Gasteiger partial charge in [-0.05, 0) is 37.6 Å². The molecule has 0 radical (unpaired) electrons. The second-order valence-corrected chi connectivity index (χ2v) is 4.58. The van der Waals surface area contributed by atoms with E-state index in [-0.39, 0.29) is 17.4 Å². The Bertz CT molecular complexity index is 579. The first kappa shape index (κ1) is 12.2. The van der Waals surface area contributed by atoms with Gasteiger partial charge in [-0.15, -0.1) is 0 Å². The molecule has 2 heterocycles. The van der Waals surface area contributed by atoms with Crippen LogP contribution >= 0.6 is 0 Å². The maximum Gasteiger partial charge on any atom is 0.244 e. The van der Waals surface area contributed by atoms with Crippen LogP contribution < -0.4 is 5.32 Å². The van der Waals surface area contributed by atoms with Gasteiger partial charge in [-0.3, -0.25) is 0 Å². The van der Waals surface area contributed by atoms with E-state index in [1.54, 1.807) is 0 Å². The summed E-state index contributed by atoms with van der Waals surface area (Å²) in [5.74, 6) is -0.582. The van der Waals surface area contributed by atoms with Crippen LogP contribution in [0.4, 0.5) is 8.78 Å². The van der Waals surface area contributed by atoms with Crippen molar-refractivity contribution in [1.29, 1.82) is 0 Å². The van der Waals surface area contributed by atoms with Gasteiger partial charge in [0.25, 0.3) is 0 Å². The van der Waals surface area contributed by atoms with Crippen molar-refractivity contribution in [2.45, 2.75) is 25.3 Å². The Kier molecular flexibility index (Phi) is 3.25. The van der Waals surface area contributed by atoms with E-state index in [1.807, 2.05) is 0 Å². The van der Waals surface area contributed by atoms with Gasteiger partial charge in [0.05, 0.1) is 11.6 Å². The number of rotatable bonds is 2. The first-order valence-electron chi connectivity index (χ1n) is 6.26. The van der Waals surface area contributed by atoms with Crippen LogP contribution in [0.5, 0.6) is 0 Å². The summed E-state index contributed by atoms with van der Waals surface area (Å²) in [6.07, 6.45) is 3.12. The van der Waals surface area contributed by atoms with Crippen molar-refractivity contribution >= 4 is 0 Å². The van der Waals surface area contributed by atoms with E-state index >= 15 is 0 Å². The van der Waals surface area contributed by atoms with Crippen LogP contribution in [0.15, 0.2) is 22.7 Å². The van der Waals surface area contributed by atoms with Gasteiger partial charge in [0, 0.05) is 0 Å². The van der Waals surface area contributed by atoms with Crippen LogP contribution in [0.1, 0.15) is 31.2 Å². The minimum atomic E-state index is -0.564. The lowest BCUT2D eigenvalue weighted by Gasteiger charge is -2.19. The average Bonchev–Trinajstić information content (AvgIpc) is 2.92. The molecule has 3 rings (SSSR count). The number of piperidine rings is 1. The van der Waals surface area contributed by atoms with Gasteiger partial charge in [-0.1, -0.05) is 11.6 Å². The molecule has 19 heavy (non-hydrogen) atoms. The highest BCUT2D eigenvalue weighted by atomic mass is 19.1. The average molecular weight is 265 g/mol. The molecule has 1 aromatic heterocycles. The van der Waals surface area contributed by atoms with Crippen molar-refractivity contribution in [3.8, 4) is 11.4 Å². The number of nitrogens with one attached hydrogen (secondary N) is 1. The number of aromatic nitrogens is 2. The number of halogens is 2. The molecule has 1 aliphatic heterocycles. The maximum absolute atomic E-state index is 13.6. The van der Waals surface area contributed by atoms with E-state index < -0.39 is 11.6 Å². The van der Waals surface area contributed by atoms with Gasteiger partial charge >= 0.3 is 0 Å². The Morgan fingerprint density at radius 3 is 2.95 bits per heavy atom. The molecule has 0 saturated carbocycles. The molecule has 0 amide bonds. The Labute approximate surface area is 108 Å². The van der Waals surface area contributed by atoms with Crippen molar-refractivity contribution in [3.05, 3.63) is 35.7 Å². The van der Waals surface area contributed by atoms with Gasteiger partial charge in [0.15, 0.2) is 0 Å². The molecular formula is C13H13F2N3O. The molecule has 4 nitrogen and oxygen atoms in total. The van der Waals surface area contributed by atoms with Crippen molar-refractivity contribution in [1.82, 2.24) is 15.5 Å². The molecule has 0 spiro atoms. The van der Waals surface area contributed by atoms with Crippen molar-refractivity contribution in [2.24, 2.45) is 0 Å². The van der Waals surface area contributed by atoms with E-state index in [9.17, 15) is 8.78 Å². The Hall–Kier alpha value is -1.82. The lowest BCUT2D eigenvalue weighted by molar-refractivity contribution is 0.297. The number of hydrogen-bond donors (Lipinski definition) is 1. The Morgan fingerprint density at radius 1 is 1.26 bits per heavy atom. The quantitative estimate of drug-likeness (QED) is 0.907. The Balaban J connectivity index is 1.89. The van der Waals surface area contributed by atoms with Crippen molar-refractivity contribution in [3.63, 3.8) is 0 Å². The first-order chi connectivity index (χ1) is 9.24. The smallest absolute Gasteiger partial charge is 0.244 e. The molecule has 1 aromatic carbocycles. The molecule has 1 fully saturated rings. The summed E-state index contributed by atoms with van der Waals surface area (Å²) in [4.78, 5) is 4.16. The highest BCUT2D eigenvalue weighted by Gasteiger charge is 2.22. The van der Waals surface area contributed by atoms with Crippen LogP contribution in [-0.4, -0.2) is 16.7 Å². The maximum atomic E-state index is 13.6. The summed E-state index contributed by atoms with van der Waals surface area (Å²) >= 11 is 0. The zero-order valence-corrected chi connectivity index (χ0v) is 10.2. The zero-order chi connectivity index (χ0) is 13.2. The fraction of sp³-hybridized carbons (Fsp3) is 0.385. The molecule has 2 aromatic rings. The summed E-state index contributed by atoms with van der Waals surface area (Å²) in [5.41, 5.74) is 0.0193. The summed E-state index contributed by atoms with van der Waals surface area (Å²) in [5, 5.41) is 6.99. The number of benzene rings is 1. The van der Waals surface area contributed by atoms with Gasteiger partial charge in [0.2, 0.25) is 11.7 Å². The van der Waals surface area contributed by atoms with Crippen LogP contribution in [0, 0.1) is 11.6 Å². The molecule has 0 bridgehead atoms. The molecule has 1 unspecified atom stereocenters. The predicted molar refractivity (Wildman–Crippen MR) is 64.2 cm³/mol. The first-order valence-corrected chi connectivity index (χ1v) is 6.26. The van der Waals surface area contributed by atoms with Gasteiger partial charge in [-0.25, -0.2) is 8.78 Å². The van der Waals surface area contributed by atoms with Gasteiger partial charge in [0.1, 0.15) is 11.6 Å². The normalized spacial score (nSPS) is 19.6. The van der Waals surface area contributed by atoms with Crippen LogP contribution in [0.2, 0.25) is 0 Å². The highest BCUT2D eigenvalue weighted by molar-refractivity contribution is 5.55. The fourth-order valence-electron chi connectivity index (χ4n) is 2.22. The minimum Gasteiger partial charge on any atom is -0.337 e. The van der Waals surface area contributed by atoms with Crippen LogP contribution in [-0.2, 0) is 0 Å². The minimum absolute atomic E-state index is 0.00613. The summed E-state index contributed by atoms with van der Waals surface area (Å²) < 4.78 is 31.9. The lowest BCUT2D eigenvalue weighted by Crippen LogP contribution is -2.26. The van der Waals surface area contributed by atoms with E-state index in [0.717, 1.165) is 44.0 Å². The van der Waals surface area contributed by atoms with Crippen molar-refractivity contribution < 1.29 is 13.3 Å². The third-order valence-corrected chi connectivity index (χ3v) is 3.22. The largest absolute Gasteiger partial charge is 0.337 e. The third kappa shape index (κ3) is 2.49. The number of hydrogen-bond acceptors (Lipinski definition) is 4. The van der Waals surface area contributed by atoms with Crippen molar-refractivity contribution in [2.75, 3.05) is 6.54 Å². The second-order valence-electron chi connectivity index (χ2n) is 4.58. The van der Waals surface area contributed by atoms with Gasteiger partial charge in [-0.2, -0.15) is 4.98 Å². The standard InChI is InChI=1S/C13H13F2N3O/c14-8-4-5-10(15)9(7-8)12-17-13(19-18-12)11-3-1-2-6-16-11/h4-5,7,11,16H,1-3,6H2. The second kappa shape index (κ2) is 5.05. The molecular weight excluding hydrogens is 252 g/mol. The van der Waals surface area contributed by atoms with Gasteiger partial charge < -0.3 is 9.84 Å². The molecule has 0 aliphatic carbocycles. The predicted octanol–water partition coefficient (Wildman–Crippen LogP) is 2.83. The van der Waals surface area contributed by atoms with Crippen LogP contribution in [0.3, 0.4) is 0 Å². The van der Waals surface area contributed by atoms with E-state index in [0.29, 0.717) is 5.89 Å². The van der Waals surface area contributed by atoms with E-state index in [4.69, 9.17) is 4.52 Å². The Morgan fingerprint density at radius 2 is 2.16 bits per heavy atom. The molecule has 6 heteroatoms. The molecule has 1 atom stereocenters. The fourth-order valence-corrected chi connectivity index (χ4v) is 2.22. The molecule has 1 N–H and O–H groups in total. The van der Waals surface area contributed by atoms with E-state index in [2.05, 4.69) is 15.5 Å².